The highest BCUT2D eigenvalue weighted by Gasteiger charge is 2.54. The van der Waals surface area contributed by atoms with Crippen LogP contribution in [0.1, 0.15) is 50.2 Å². The lowest BCUT2D eigenvalue weighted by Gasteiger charge is -2.15. The first kappa shape index (κ1) is 18.8. The summed E-state index contributed by atoms with van der Waals surface area (Å²) >= 11 is 0. The number of Topliss-reactive ketones (excluding diaryl/α,β-unsaturated/α-hetero) is 1. The molecule has 1 amide bonds. The van der Waals surface area contributed by atoms with Crippen molar-refractivity contribution in [1.82, 2.24) is 10.3 Å². The first-order valence-electron chi connectivity index (χ1n) is 9.58. The standard InChI is InChI=1S/C22H24N2O4/c1-12-5-3-4-6-14(12)21(26)18-7-13(8-19(24-18)22(27)23-2)20(25)9-15-16-10-28-11-17(15)16/h3-8,15-17,21,26H,9-11H2,1-2H3,(H,23,27)/t15?,16-,17+,21-/m0/s1. The third-order valence-electron chi connectivity index (χ3n) is 5.94. The third kappa shape index (κ3) is 3.45. The van der Waals surface area contributed by atoms with Crippen LogP contribution in [0.5, 0.6) is 0 Å². The fourth-order valence-corrected chi connectivity index (χ4v) is 4.14. The van der Waals surface area contributed by atoms with Gasteiger partial charge in [0.15, 0.2) is 5.78 Å². The van der Waals surface area contributed by atoms with E-state index in [0.717, 1.165) is 18.8 Å². The molecule has 1 aromatic heterocycles. The van der Waals surface area contributed by atoms with Crippen molar-refractivity contribution in [2.45, 2.75) is 19.4 Å². The van der Waals surface area contributed by atoms with Crippen molar-refractivity contribution in [2.75, 3.05) is 20.3 Å². The number of carbonyl (C=O) groups excluding carboxylic acids is 2. The molecule has 146 valence electrons. The van der Waals surface area contributed by atoms with Gasteiger partial charge >= 0.3 is 0 Å². The minimum atomic E-state index is -1.01. The Bertz CT molecular complexity index is 917. The van der Waals surface area contributed by atoms with Gasteiger partial charge < -0.3 is 15.2 Å². The molecule has 0 radical (unpaired) electrons. The Morgan fingerprint density at radius 2 is 1.96 bits per heavy atom. The Morgan fingerprint density at radius 3 is 2.64 bits per heavy atom. The van der Waals surface area contributed by atoms with E-state index < -0.39 is 6.10 Å². The number of hydrogen-bond donors (Lipinski definition) is 2. The molecule has 2 N–H and O–H groups in total. The van der Waals surface area contributed by atoms with Crippen LogP contribution < -0.4 is 5.32 Å². The molecule has 2 aromatic rings. The molecular weight excluding hydrogens is 356 g/mol. The average Bonchev–Trinajstić information content (AvgIpc) is 3.13. The molecule has 28 heavy (non-hydrogen) atoms. The highest BCUT2D eigenvalue weighted by molar-refractivity contribution is 6.00. The van der Waals surface area contributed by atoms with E-state index in [2.05, 4.69) is 10.3 Å². The summed E-state index contributed by atoms with van der Waals surface area (Å²) in [5.41, 5.74) is 2.48. The van der Waals surface area contributed by atoms with Crippen LogP contribution in [0.25, 0.3) is 0 Å². The minimum absolute atomic E-state index is 0.0230. The van der Waals surface area contributed by atoms with E-state index in [1.54, 1.807) is 6.07 Å². The summed E-state index contributed by atoms with van der Waals surface area (Å²) in [6.07, 6.45) is -0.568. The Morgan fingerprint density at radius 1 is 1.25 bits per heavy atom. The number of benzene rings is 1. The molecule has 1 aliphatic heterocycles. The third-order valence-corrected chi connectivity index (χ3v) is 5.94. The fraction of sp³-hybridized carbons (Fsp3) is 0.409. The monoisotopic (exact) mass is 380 g/mol. The number of rotatable bonds is 6. The van der Waals surface area contributed by atoms with E-state index in [-0.39, 0.29) is 17.4 Å². The van der Waals surface area contributed by atoms with Crippen molar-refractivity contribution in [2.24, 2.45) is 17.8 Å². The van der Waals surface area contributed by atoms with Gasteiger partial charge in [-0.3, -0.25) is 9.59 Å². The number of ketones is 1. The molecule has 0 spiro atoms. The van der Waals surface area contributed by atoms with Gasteiger partial charge in [-0.25, -0.2) is 4.98 Å². The zero-order chi connectivity index (χ0) is 19.8. The molecule has 2 aliphatic rings. The van der Waals surface area contributed by atoms with Crippen LogP contribution in [-0.2, 0) is 4.74 Å². The van der Waals surface area contributed by atoms with Gasteiger partial charge in [0.1, 0.15) is 11.8 Å². The lowest BCUT2D eigenvalue weighted by Crippen LogP contribution is -2.21. The number of ether oxygens (including phenoxy) is 1. The van der Waals surface area contributed by atoms with Gasteiger partial charge in [0.25, 0.3) is 5.91 Å². The summed E-state index contributed by atoms with van der Waals surface area (Å²) in [5.74, 6) is 0.930. The van der Waals surface area contributed by atoms with E-state index in [0.29, 0.717) is 41.0 Å². The SMILES string of the molecule is CNC(=O)c1cc(C(=O)CC2[C@H]3COC[C@@H]23)cc([C@@H](O)c2ccccc2C)n1. The smallest absolute Gasteiger partial charge is 0.269 e. The predicted octanol–water partition coefficient (Wildman–Crippen LogP) is 2.30. The van der Waals surface area contributed by atoms with Crippen LogP contribution in [0.3, 0.4) is 0 Å². The summed E-state index contributed by atoms with van der Waals surface area (Å²) < 4.78 is 5.39. The Labute approximate surface area is 163 Å². The summed E-state index contributed by atoms with van der Waals surface area (Å²) in [6.45, 7) is 3.38. The quantitative estimate of drug-likeness (QED) is 0.751. The zero-order valence-electron chi connectivity index (χ0n) is 16.0. The molecular formula is C22H24N2O4. The molecule has 1 saturated carbocycles. The van der Waals surface area contributed by atoms with Gasteiger partial charge in [-0.15, -0.1) is 0 Å². The number of nitrogens with zero attached hydrogens (tertiary/aromatic N) is 1. The van der Waals surface area contributed by atoms with E-state index in [1.807, 2.05) is 31.2 Å². The number of hydrogen-bond acceptors (Lipinski definition) is 5. The van der Waals surface area contributed by atoms with Crippen LogP contribution in [0.2, 0.25) is 0 Å². The molecule has 1 unspecified atom stereocenters. The summed E-state index contributed by atoms with van der Waals surface area (Å²) in [6, 6.07) is 10.6. The number of pyridine rings is 1. The van der Waals surface area contributed by atoms with E-state index in [4.69, 9.17) is 4.74 Å². The molecule has 2 heterocycles. The largest absolute Gasteiger partial charge is 0.382 e. The maximum Gasteiger partial charge on any atom is 0.269 e. The molecule has 0 bridgehead atoms. The lowest BCUT2D eigenvalue weighted by atomic mass is 9.97. The average molecular weight is 380 g/mol. The van der Waals surface area contributed by atoms with E-state index >= 15 is 0 Å². The molecule has 6 nitrogen and oxygen atoms in total. The maximum atomic E-state index is 12.9. The Kier molecular flexibility index (Phi) is 5.00. The predicted molar refractivity (Wildman–Crippen MR) is 103 cm³/mol. The first-order chi connectivity index (χ1) is 13.5. The number of nitrogens with one attached hydrogen (secondary N) is 1. The minimum Gasteiger partial charge on any atom is -0.382 e. The van der Waals surface area contributed by atoms with Crippen LogP contribution in [-0.4, -0.2) is 42.0 Å². The van der Waals surface area contributed by atoms with Crippen molar-refractivity contribution in [3.63, 3.8) is 0 Å². The van der Waals surface area contributed by atoms with Gasteiger partial charge in [0, 0.05) is 19.0 Å². The Hall–Kier alpha value is -2.57. The maximum absolute atomic E-state index is 12.9. The highest BCUT2D eigenvalue weighted by atomic mass is 16.5. The van der Waals surface area contributed by atoms with Gasteiger partial charge in [-0.1, -0.05) is 24.3 Å². The number of amides is 1. The van der Waals surface area contributed by atoms with Gasteiger partial charge in [0.05, 0.1) is 18.9 Å². The molecule has 1 saturated heterocycles. The summed E-state index contributed by atoms with van der Waals surface area (Å²) in [7, 11) is 1.52. The summed E-state index contributed by atoms with van der Waals surface area (Å²) in [5, 5.41) is 13.4. The number of aromatic nitrogens is 1. The van der Waals surface area contributed by atoms with Crippen molar-refractivity contribution in [1.29, 1.82) is 0 Å². The molecule has 2 fully saturated rings. The van der Waals surface area contributed by atoms with Crippen molar-refractivity contribution < 1.29 is 19.4 Å². The van der Waals surface area contributed by atoms with E-state index in [9.17, 15) is 14.7 Å². The molecule has 6 heteroatoms. The zero-order valence-corrected chi connectivity index (χ0v) is 16.0. The van der Waals surface area contributed by atoms with Crippen LogP contribution in [0.4, 0.5) is 0 Å². The van der Waals surface area contributed by atoms with Crippen molar-refractivity contribution in [3.05, 3.63) is 64.5 Å². The number of aliphatic hydroxyl groups excluding tert-OH is 1. The summed E-state index contributed by atoms with van der Waals surface area (Å²) in [4.78, 5) is 29.4. The number of carbonyl (C=O) groups is 2. The lowest BCUT2D eigenvalue weighted by molar-refractivity contribution is 0.0950. The number of aliphatic hydroxyl groups is 1. The first-order valence-corrected chi connectivity index (χ1v) is 9.58. The van der Waals surface area contributed by atoms with Crippen molar-refractivity contribution in [3.8, 4) is 0 Å². The topological polar surface area (TPSA) is 88.5 Å². The second-order valence-electron chi connectivity index (χ2n) is 7.66. The molecule has 1 aromatic carbocycles. The second kappa shape index (κ2) is 7.45. The molecule has 4 rings (SSSR count). The van der Waals surface area contributed by atoms with Crippen LogP contribution in [0, 0.1) is 24.7 Å². The van der Waals surface area contributed by atoms with Crippen LogP contribution in [0.15, 0.2) is 36.4 Å². The van der Waals surface area contributed by atoms with Gasteiger partial charge in [-0.05, 0) is 47.9 Å². The second-order valence-corrected chi connectivity index (χ2v) is 7.66. The van der Waals surface area contributed by atoms with E-state index in [1.165, 1.54) is 13.1 Å². The van der Waals surface area contributed by atoms with Crippen molar-refractivity contribution >= 4 is 11.7 Å². The van der Waals surface area contributed by atoms with Gasteiger partial charge in [-0.2, -0.15) is 0 Å². The fourth-order valence-electron chi connectivity index (χ4n) is 4.14. The molecule has 4 atom stereocenters. The number of aryl methyl sites for hydroxylation is 1. The van der Waals surface area contributed by atoms with Crippen LogP contribution >= 0.6 is 0 Å². The highest BCUT2D eigenvalue weighted by Crippen LogP contribution is 2.53. The Balaban J connectivity index is 1.64. The normalized spacial score (nSPS) is 23.8. The van der Waals surface area contributed by atoms with Gasteiger partial charge in [0.2, 0.25) is 0 Å². The number of fused-ring (bicyclic) bond motifs is 1. The molecule has 1 aliphatic carbocycles.